The van der Waals surface area contributed by atoms with Crippen molar-refractivity contribution >= 4 is 12.4 Å². The lowest BCUT2D eigenvalue weighted by atomic mass is 9.56. The van der Waals surface area contributed by atoms with Gasteiger partial charge in [0.1, 0.15) is 0 Å². The van der Waals surface area contributed by atoms with Crippen molar-refractivity contribution in [2.75, 3.05) is 0 Å². The van der Waals surface area contributed by atoms with Gasteiger partial charge in [0.15, 0.2) is 0 Å². The first-order chi connectivity index (χ1) is 4.90. The van der Waals surface area contributed by atoms with Gasteiger partial charge in [-0.05, 0) is 62.2 Å². The molecule has 0 atom stereocenters. The fourth-order valence-corrected chi connectivity index (χ4v) is 3.65. The van der Waals surface area contributed by atoms with Crippen molar-refractivity contribution in [1.29, 1.82) is 0 Å². The van der Waals surface area contributed by atoms with E-state index < -0.39 is 0 Å². The number of hydrogen-bond acceptors (Lipinski definition) is 0. The minimum absolute atomic E-state index is 0. The van der Waals surface area contributed by atoms with E-state index in [1.807, 2.05) is 0 Å². The number of halogens is 1. The highest BCUT2D eigenvalue weighted by atomic mass is 35.5. The molecule has 0 spiro atoms. The molecule has 0 aromatic heterocycles. The first kappa shape index (κ1) is 7.91. The molecule has 0 N–H and O–H groups in total. The van der Waals surface area contributed by atoms with Crippen molar-refractivity contribution < 1.29 is 0 Å². The predicted molar refractivity (Wildman–Crippen MR) is 48.6 cm³/mol. The van der Waals surface area contributed by atoms with Gasteiger partial charge in [0, 0.05) is 0 Å². The van der Waals surface area contributed by atoms with Crippen LogP contribution in [0.15, 0.2) is 0 Å². The summed E-state index contributed by atoms with van der Waals surface area (Å²) in [6, 6.07) is 0. The Hall–Kier alpha value is 0.290. The Morgan fingerprint density at radius 3 is 1.55 bits per heavy atom. The van der Waals surface area contributed by atoms with Gasteiger partial charge in [-0.15, -0.1) is 12.4 Å². The normalized spacial score (nSPS) is 52.4. The maximum absolute atomic E-state index is 2.66. The summed E-state index contributed by atoms with van der Waals surface area (Å²) in [6.45, 7) is 0. The molecule has 0 heterocycles. The van der Waals surface area contributed by atoms with E-state index in [4.69, 9.17) is 0 Å². The summed E-state index contributed by atoms with van der Waals surface area (Å²) < 4.78 is 0. The second-order valence-electron chi connectivity index (χ2n) is 4.62. The molecule has 0 nitrogen and oxygen atoms in total. The van der Waals surface area contributed by atoms with Crippen LogP contribution < -0.4 is 0 Å². The zero-order chi connectivity index (χ0) is 6.55. The Bertz CT molecular complexity index is 96.4. The second kappa shape index (κ2) is 2.65. The lowest BCUT2D eigenvalue weighted by Crippen LogP contribution is -2.38. The minimum Gasteiger partial charge on any atom is -0.147 e. The Kier molecular flexibility index (Phi) is 1.91. The average Bonchev–Trinajstić information content (AvgIpc) is 1.82. The van der Waals surface area contributed by atoms with Gasteiger partial charge >= 0.3 is 0 Å². The highest BCUT2D eigenvalue weighted by molar-refractivity contribution is 5.85. The Labute approximate surface area is 75.2 Å². The topological polar surface area (TPSA) is 0 Å². The summed E-state index contributed by atoms with van der Waals surface area (Å²) in [7, 11) is 0. The zero-order valence-corrected chi connectivity index (χ0v) is 7.65. The lowest BCUT2D eigenvalue weighted by Gasteiger charge is -2.49. The molecule has 11 heavy (non-hydrogen) atoms. The zero-order valence-electron chi connectivity index (χ0n) is 6.83. The molecular weight excluding hydrogens is 156 g/mol. The molecular formula is C10H16Cl. The molecule has 0 saturated heterocycles. The third-order valence-electron chi connectivity index (χ3n) is 3.76. The molecule has 4 rings (SSSR count). The lowest BCUT2D eigenvalue weighted by molar-refractivity contribution is 0.0649. The van der Waals surface area contributed by atoms with Gasteiger partial charge in [-0.1, -0.05) is 0 Å². The molecule has 0 unspecified atom stereocenters. The molecule has 0 amide bonds. The van der Waals surface area contributed by atoms with Crippen LogP contribution in [0.5, 0.6) is 0 Å². The van der Waals surface area contributed by atoms with Gasteiger partial charge < -0.3 is 0 Å². The highest BCUT2D eigenvalue weighted by Crippen LogP contribution is 2.52. The van der Waals surface area contributed by atoms with E-state index in [9.17, 15) is 0 Å². The molecule has 0 aliphatic heterocycles. The first-order valence-corrected chi connectivity index (χ1v) is 4.75. The summed E-state index contributed by atoms with van der Waals surface area (Å²) in [5.41, 5.74) is 0. The summed E-state index contributed by atoms with van der Waals surface area (Å²) in [4.78, 5) is 0. The van der Waals surface area contributed by atoms with E-state index in [-0.39, 0.29) is 12.4 Å². The molecule has 4 fully saturated rings. The molecule has 63 valence electrons. The van der Waals surface area contributed by atoms with Crippen molar-refractivity contribution in [2.24, 2.45) is 23.7 Å². The monoisotopic (exact) mass is 171 g/mol. The van der Waals surface area contributed by atoms with Crippen LogP contribution in [0.4, 0.5) is 0 Å². The summed E-state index contributed by atoms with van der Waals surface area (Å²) >= 11 is 0. The van der Waals surface area contributed by atoms with Crippen molar-refractivity contribution in [3.63, 3.8) is 0 Å². The molecule has 1 heteroatoms. The van der Waals surface area contributed by atoms with Gasteiger partial charge in [-0.3, -0.25) is 0 Å². The smallest absolute Gasteiger partial charge is 0.0323 e. The van der Waals surface area contributed by atoms with E-state index >= 15 is 0 Å². The van der Waals surface area contributed by atoms with Crippen LogP contribution in [0.3, 0.4) is 0 Å². The Morgan fingerprint density at radius 2 is 1.18 bits per heavy atom. The van der Waals surface area contributed by atoms with Crippen LogP contribution in [0, 0.1) is 30.1 Å². The van der Waals surface area contributed by atoms with Crippen LogP contribution in [0.25, 0.3) is 0 Å². The Morgan fingerprint density at radius 1 is 0.727 bits per heavy atom. The predicted octanol–water partition coefficient (Wildman–Crippen LogP) is 3.07. The second-order valence-corrected chi connectivity index (χ2v) is 4.62. The van der Waals surface area contributed by atoms with E-state index in [1.54, 1.807) is 32.1 Å². The van der Waals surface area contributed by atoms with Crippen molar-refractivity contribution in [3.05, 3.63) is 6.42 Å². The SMILES string of the molecule is Cl.[CH]1C2CC3CC1CC(C2)C3. The fraction of sp³-hybridized carbons (Fsp3) is 0.900. The van der Waals surface area contributed by atoms with Crippen molar-refractivity contribution in [3.8, 4) is 0 Å². The molecule has 1 radical (unpaired) electrons. The molecule has 0 aromatic rings. The quantitative estimate of drug-likeness (QED) is 0.526. The molecule has 4 aliphatic carbocycles. The van der Waals surface area contributed by atoms with Crippen LogP contribution >= 0.6 is 12.4 Å². The van der Waals surface area contributed by atoms with Gasteiger partial charge in [-0.2, -0.15) is 0 Å². The van der Waals surface area contributed by atoms with Gasteiger partial charge in [0.05, 0.1) is 0 Å². The van der Waals surface area contributed by atoms with E-state index in [0.29, 0.717) is 0 Å². The Balaban J connectivity index is 0.000000480. The molecule has 0 aromatic carbocycles. The van der Waals surface area contributed by atoms with Crippen LogP contribution in [0.1, 0.15) is 32.1 Å². The average molecular weight is 172 g/mol. The highest BCUT2D eigenvalue weighted by Gasteiger charge is 2.41. The fourth-order valence-electron chi connectivity index (χ4n) is 3.65. The summed E-state index contributed by atoms with van der Waals surface area (Å²) in [5.74, 6) is 4.40. The van der Waals surface area contributed by atoms with Gasteiger partial charge in [0.25, 0.3) is 0 Å². The number of rotatable bonds is 0. The van der Waals surface area contributed by atoms with Gasteiger partial charge in [0.2, 0.25) is 0 Å². The van der Waals surface area contributed by atoms with E-state index in [0.717, 1.165) is 23.7 Å². The third-order valence-corrected chi connectivity index (χ3v) is 3.76. The van der Waals surface area contributed by atoms with Crippen LogP contribution in [0.2, 0.25) is 0 Å². The van der Waals surface area contributed by atoms with E-state index in [1.165, 1.54) is 0 Å². The maximum atomic E-state index is 2.66. The van der Waals surface area contributed by atoms with Gasteiger partial charge in [-0.25, -0.2) is 0 Å². The third kappa shape index (κ3) is 1.20. The molecule has 4 bridgehead atoms. The van der Waals surface area contributed by atoms with E-state index in [2.05, 4.69) is 6.42 Å². The summed E-state index contributed by atoms with van der Waals surface area (Å²) in [5, 5.41) is 0. The standard InChI is InChI=1S/C10H15.ClH/c1-7-2-9-4-8(1)5-10(3-7)6-9;/h1,7-10H,2-6H2;1H. The molecule has 4 aliphatic rings. The first-order valence-electron chi connectivity index (χ1n) is 4.75. The molecule has 4 saturated carbocycles. The maximum Gasteiger partial charge on any atom is -0.0323 e. The van der Waals surface area contributed by atoms with Crippen molar-refractivity contribution in [1.82, 2.24) is 0 Å². The largest absolute Gasteiger partial charge is 0.147 e. The van der Waals surface area contributed by atoms with Crippen LogP contribution in [-0.2, 0) is 0 Å². The minimum atomic E-state index is 0. The van der Waals surface area contributed by atoms with Crippen LogP contribution in [-0.4, -0.2) is 0 Å². The summed E-state index contributed by atoms with van der Waals surface area (Å²) in [6.07, 6.45) is 10.4. The van der Waals surface area contributed by atoms with Crippen molar-refractivity contribution in [2.45, 2.75) is 32.1 Å². The number of hydrogen-bond donors (Lipinski definition) is 0.